The average molecular weight is 1190 g/mol. The number of anilines is 2. The summed E-state index contributed by atoms with van der Waals surface area (Å²) in [6, 6.07) is -1.02. The fourth-order valence-corrected chi connectivity index (χ4v) is 7.89. The van der Waals surface area contributed by atoms with Crippen molar-refractivity contribution in [2.75, 3.05) is 37.3 Å². The maximum Gasteiger partial charge on any atom is 0.303 e. The van der Waals surface area contributed by atoms with Crippen molar-refractivity contribution in [2.45, 2.75) is 135 Å². The molecule has 84 heavy (non-hydrogen) atoms. The first kappa shape index (κ1) is 70.5. The number of ketones is 1. The van der Waals surface area contributed by atoms with Crippen LogP contribution in [-0.2, 0) is 47.9 Å². The highest BCUT2D eigenvalue weighted by molar-refractivity contribution is 6.02. The lowest BCUT2D eigenvalue weighted by molar-refractivity contribution is -0.393. The molecule has 0 unspecified atom stereocenters. The lowest BCUT2D eigenvalue weighted by Gasteiger charge is -2.26. The van der Waals surface area contributed by atoms with E-state index in [0.717, 1.165) is 18.2 Å². The van der Waals surface area contributed by atoms with Crippen LogP contribution in [-0.4, -0.2) is 159 Å². The molecule has 0 fully saturated rings. The Labute approximate surface area is 482 Å². The van der Waals surface area contributed by atoms with Crippen LogP contribution in [0.15, 0.2) is 47.5 Å². The summed E-state index contributed by atoms with van der Waals surface area (Å²) < 4.78 is 0. The van der Waals surface area contributed by atoms with Crippen molar-refractivity contribution in [1.29, 1.82) is 0 Å². The number of primary amides is 1. The third-order valence-electron chi connectivity index (χ3n) is 12.5. The first-order chi connectivity index (χ1) is 39.5. The number of amides is 9. The van der Waals surface area contributed by atoms with Crippen LogP contribution in [0.2, 0.25) is 0 Å². The van der Waals surface area contributed by atoms with Gasteiger partial charge in [-0.3, -0.25) is 78.0 Å². The highest BCUT2D eigenvalue weighted by Crippen LogP contribution is 2.28. The zero-order valence-corrected chi connectivity index (χ0v) is 47.1. The molecule has 0 aliphatic rings. The van der Waals surface area contributed by atoms with E-state index in [1.807, 2.05) is 0 Å². The van der Waals surface area contributed by atoms with Crippen LogP contribution in [0, 0.1) is 32.1 Å². The van der Waals surface area contributed by atoms with Crippen LogP contribution in [0.1, 0.15) is 103 Å². The lowest BCUT2D eigenvalue weighted by Crippen LogP contribution is -2.58. The van der Waals surface area contributed by atoms with Crippen molar-refractivity contribution in [3.05, 3.63) is 68.3 Å². The van der Waals surface area contributed by atoms with E-state index in [4.69, 9.17) is 22.9 Å². The number of nitrogens with two attached hydrogens (primary N) is 4. The van der Waals surface area contributed by atoms with Gasteiger partial charge in [-0.25, -0.2) is 0 Å². The van der Waals surface area contributed by atoms with Gasteiger partial charge in [-0.05, 0) is 63.1 Å². The molecule has 0 bridgehead atoms. The van der Waals surface area contributed by atoms with Crippen LogP contribution in [0.3, 0.4) is 0 Å². The Bertz CT molecular complexity index is 2740. The zero-order valence-electron chi connectivity index (χ0n) is 47.1. The number of aliphatic hydroxyl groups is 1. The number of non-ortho nitro benzene ring substituents is 1. The molecule has 462 valence electrons. The van der Waals surface area contributed by atoms with Gasteiger partial charge in [0, 0.05) is 56.6 Å². The second-order valence-corrected chi connectivity index (χ2v) is 19.7. The molecule has 19 N–H and O–H groups in total. The molecular weight excluding hydrogens is 1110 g/mol. The molecule has 0 saturated heterocycles. The number of aliphatic imine (C=N–C) groups is 1. The van der Waals surface area contributed by atoms with E-state index < -0.39 is 173 Å². The van der Waals surface area contributed by atoms with Crippen LogP contribution in [0.5, 0.6) is 0 Å². The number of Topliss-reactive ketones (excluding diaryl/α,β-unsaturated/α-hetero) is 1. The number of nitrogen functional groups attached to an aromatic ring is 1. The van der Waals surface area contributed by atoms with E-state index in [-0.39, 0.29) is 68.2 Å². The van der Waals surface area contributed by atoms with Gasteiger partial charge in [0.05, 0.1) is 34.1 Å². The van der Waals surface area contributed by atoms with Crippen LogP contribution in [0.25, 0.3) is 0 Å². The number of nitrogens with zero attached hydrogens (tertiary/aromatic N) is 3. The Balaban J connectivity index is 2.22. The zero-order chi connectivity index (χ0) is 63.4. The summed E-state index contributed by atoms with van der Waals surface area (Å²) in [7, 11) is 0. The third-order valence-corrected chi connectivity index (χ3v) is 12.5. The van der Waals surface area contributed by atoms with Crippen molar-refractivity contribution in [3.63, 3.8) is 0 Å². The Hall–Kier alpha value is -9.56. The van der Waals surface area contributed by atoms with Crippen LogP contribution < -0.4 is 70.8 Å². The van der Waals surface area contributed by atoms with E-state index in [1.54, 1.807) is 32.9 Å². The SMILES string of the molecule is CCC[C@H](NC(=O)[C@H](CO)NC(=O)[C@H](C)NC(=O)[C@@H](NC(=O)c1ccccc1N)C(C)C)C(=O)C[C@@H](C)C(=O)N[C@@H](CCC(=O)O)C(=O)N[C@@H](CCCN=C(N)N)C(=O)N[C@@H](CCC(N)=O)C(=O)NCCNc1ccc([N+](=O)[O-])cc1[N+](=O)[O-]. The first-order valence-electron chi connectivity index (χ1n) is 26.6. The molecule has 0 spiro atoms. The molecule has 0 aliphatic heterocycles. The number of aliphatic carboxylic acids is 1. The molecule has 0 aliphatic carbocycles. The normalized spacial score (nSPS) is 13.7. The Morgan fingerprint density at radius 1 is 0.643 bits per heavy atom. The number of nitro groups is 2. The van der Waals surface area contributed by atoms with Gasteiger partial charge in [0.1, 0.15) is 41.9 Å². The summed E-state index contributed by atoms with van der Waals surface area (Å²) in [5, 5.41) is 64.6. The van der Waals surface area contributed by atoms with Crippen molar-refractivity contribution < 1.29 is 72.8 Å². The number of nitro benzene ring substituents is 2. The van der Waals surface area contributed by atoms with E-state index in [1.165, 1.54) is 26.0 Å². The summed E-state index contributed by atoms with van der Waals surface area (Å²) in [6.07, 6.45) is -2.46. The standard InChI is InChI=1S/C51H76N16O17/c1-6-10-33(60-49(79)37(25-68)64-44(74)28(5)59-50(80)42(26(2)3)65-45(75)30-11-7-8-12-31(30)52)39(69)23-27(4)43(73)61-36(17-19-41(71)72)48(78)62-34(13-9-20-58-51(54)55)47(77)63-35(16-18-40(53)70)46(76)57-22-21-56-32-15-14-29(66(81)82)24-38(32)67(83)84/h7-8,11-12,14-15,24,26-28,33-37,42,56,68H,6,9-10,13,16-23,25,52H2,1-5H3,(H2,53,70)(H,57,76)(H,59,80)(H,60,79)(H,61,73)(H,62,78)(H,63,77)(H,64,74)(H,65,75)(H,71,72)(H4,54,55,58)/t27-,28+,33+,34+,35+,36+,37+,42+/m1/s1. The minimum absolute atomic E-state index is 0.0178. The van der Waals surface area contributed by atoms with Gasteiger partial charge < -0.3 is 81.0 Å². The quantitative estimate of drug-likeness (QED) is 0.00830. The largest absolute Gasteiger partial charge is 0.481 e. The molecule has 2 aromatic rings. The fourth-order valence-electron chi connectivity index (χ4n) is 7.89. The van der Waals surface area contributed by atoms with Crippen molar-refractivity contribution in [1.82, 2.24) is 42.5 Å². The maximum absolute atomic E-state index is 14.0. The summed E-state index contributed by atoms with van der Waals surface area (Å²) in [5.74, 6) is -12.2. The molecule has 0 heterocycles. The molecular formula is C51H76N16O17. The molecule has 33 nitrogen and oxygen atoms in total. The maximum atomic E-state index is 14.0. The third kappa shape index (κ3) is 24.3. The molecule has 0 aromatic heterocycles. The number of para-hydroxylation sites is 1. The summed E-state index contributed by atoms with van der Waals surface area (Å²) in [4.78, 5) is 170. The van der Waals surface area contributed by atoms with Crippen molar-refractivity contribution in [3.8, 4) is 0 Å². The van der Waals surface area contributed by atoms with Crippen LogP contribution >= 0.6 is 0 Å². The van der Waals surface area contributed by atoms with Gasteiger partial charge in [-0.15, -0.1) is 0 Å². The summed E-state index contributed by atoms with van der Waals surface area (Å²) >= 11 is 0. The van der Waals surface area contributed by atoms with E-state index >= 15 is 0 Å². The predicted molar refractivity (Wildman–Crippen MR) is 301 cm³/mol. The average Bonchev–Trinajstić information content (AvgIpc) is 3.64. The minimum atomic E-state index is -1.66. The number of carboxylic acid groups (broad SMARTS) is 1. The molecule has 9 amide bonds. The minimum Gasteiger partial charge on any atom is -0.481 e. The number of carbonyl (C=O) groups is 11. The van der Waals surface area contributed by atoms with E-state index in [2.05, 4.69) is 52.8 Å². The number of guanidine groups is 1. The Kier molecular flexibility index (Phi) is 29.7. The van der Waals surface area contributed by atoms with Gasteiger partial charge in [-0.2, -0.15) is 0 Å². The number of aliphatic hydroxyl groups excluding tert-OH is 1. The summed E-state index contributed by atoms with van der Waals surface area (Å²) in [6.45, 7) is 6.14. The molecule has 2 rings (SSSR count). The topological polar surface area (TPSA) is 539 Å². The molecule has 8 atom stereocenters. The highest BCUT2D eigenvalue weighted by Gasteiger charge is 2.34. The van der Waals surface area contributed by atoms with E-state index in [9.17, 15) is 83.2 Å². The Morgan fingerprint density at radius 3 is 1.77 bits per heavy atom. The number of hydrogen-bond donors (Lipinski definition) is 15. The number of hydrogen-bond acceptors (Lipinski definition) is 19. The molecule has 2 aromatic carbocycles. The second-order valence-electron chi connectivity index (χ2n) is 19.7. The number of benzene rings is 2. The van der Waals surface area contributed by atoms with Crippen molar-refractivity contribution >= 4 is 93.6 Å². The highest BCUT2D eigenvalue weighted by atomic mass is 16.6. The van der Waals surface area contributed by atoms with Gasteiger partial charge in [-0.1, -0.05) is 46.2 Å². The molecule has 0 saturated carbocycles. The van der Waals surface area contributed by atoms with E-state index in [0.29, 0.717) is 6.42 Å². The molecule has 33 heteroatoms. The lowest BCUT2D eigenvalue weighted by atomic mass is 9.96. The summed E-state index contributed by atoms with van der Waals surface area (Å²) in [5.41, 5.74) is 21.1. The smallest absolute Gasteiger partial charge is 0.303 e. The first-order valence-corrected chi connectivity index (χ1v) is 26.6. The van der Waals surface area contributed by atoms with Gasteiger partial charge >= 0.3 is 5.97 Å². The number of nitrogens with one attached hydrogen (secondary N) is 9. The van der Waals surface area contributed by atoms with Gasteiger partial charge in [0.2, 0.25) is 47.3 Å². The van der Waals surface area contributed by atoms with Gasteiger partial charge in [0.15, 0.2) is 11.7 Å². The number of carboxylic acids is 1. The number of rotatable bonds is 38. The van der Waals surface area contributed by atoms with Gasteiger partial charge in [0.25, 0.3) is 17.3 Å². The fraction of sp³-hybridized carbons (Fsp3) is 0.529. The Morgan fingerprint density at radius 2 is 1.21 bits per heavy atom. The van der Waals surface area contributed by atoms with Crippen molar-refractivity contribution in [2.24, 2.45) is 34.0 Å². The van der Waals surface area contributed by atoms with Crippen LogP contribution in [0.4, 0.5) is 22.7 Å². The predicted octanol–water partition coefficient (Wildman–Crippen LogP) is -2.43. The monoisotopic (exact) mass is 1180 g/mol. The number of carbonyl (C=O) groups excluding carboxylic acids is 10. The molecule has 0 radical (unpaired) electrons. The second kappa shape index (κ2) is 35.3.